The molecule has 0 spiro atoms. The highest BCUT2D eigenvalue weighted by Crippen LogP contribution is 2.46. The number of carbonyl (C=O) groups is 2. The van der Waals surface area contributed by atoms with Gasteiger partial charge in [-0.15, -0.1) is 0 Å². The predicted octanol–water partition coefficient (Wildman–Crippen LogP) is 1.36. The van der Waals surface area contributed by atoms with Gasteiger partial charge < -0.3 is 9.47 Å². The van der Waals surface area contributed by atoms with E-state index in [-0.39, 0.29) is 13.2 Å². The summed E-state index contributed by atoms with van der Waals surface area (Å²) >= 11 is 0. The molecule has 6 radical (unpaired) electrons. The summed E-state index contributed by atoms with van der Waals surface area (Å²) in [6.07, 6.45) is 0.738. The van der Waals surface area contributed by atoms with Gasteiger partial charge in [0.25, 0.3) is 0 Å². The SMILES string of the molecule is CCOC(=O)C1(C(=O)OCC)CC(C[Si])=C(C[Si])C1. The summed E-state index contributed by atoms with van der Waals surface area (Å²) in [5.74, 6) is -0.970. The lowest BCUT2D eigenvalue weighted by atomic mass is 9.83. The van der Waals surface area contributed by atoms with Crippen LogP contribution in [-0.2, 0) is 19.1 Å². The van der Waals surface area contributed by atoms with Crippen molar-refractivity contribution in [3.63, 3.8) is 0 Å². The number of rotatable bonds is 6. The quantitative estimate of drug-likeness (QED) is 0.321. The normalized spacial score (nSPS) is 17.5. The molecule has 0 unspecified atom stereocenters. The van der Waals surface area contributed by atoms with E-state index in [0.717, 1.165) is 11.1 Å². The van der Waals surface area contributed by atoms with Crippen LogP contribution < -0.4 is 0 Å². The van der Waals surface area contributed by atoms with Gasteiger partial charge in [0.2, 0.25) is 0 Å². The maximum absolute atomic E-state index is 12.2. The molecule has 0 bridgehead atoms. The van der Waals surface area contributed by atoms with Crippen molar-refractivity contribution in [2.24, 2.45) is 5.41 Å². The van der Waals surface area contributed by atoms with Crippen LogP contribution >= 0.6 is 0 Å². The molecule has 0 amide bonds. The van der Waals surface area contributed by atoms with Crippen LogP contribution in [0.1, 0.15) is 26.7 Å². The first-order valence-electron chi connectivity index (χ1n) is 6.39. The molecule has 19 heavy (non-hydrogen) atoms. The van der Waals surface area contributed by atoms with E-state index in [9.17, 15) is 9.59 Å². The van der Waals surface area contributed by atoms with Crippen molar-refractivity contribution >= 4 is 32.4 Å². The molecule has 0 saturated heterocycles. The van der Waals surface area contributed by atoms with Gasteiger partial charge in [-0.1, -0.05) is 11.1 Å². The third-order valence-corrected chi connectivity index (χ3v) is 4.14. The molecule has 0 heterocycles. The van der Waals surface area contributed by atoms with Gasteiger partial charge in [-0.2, -0.15) is 0 Å². The Labute approximate surface area is 120 Å². The van der Waals surface area contributed by atoms with Gasteiger partial charge in [0, 0.05) is 20.5 Å². The lowest BCUT2D eigenvalue weighted by Gasteiger charge is -2.25. The Kier molecular flexibility index (Phi) is 6.00. The maximum atomic E-state index is 12.2. The summed E-state index contributed by atoms with van der Waals surface area (Å²) < 4.78 is 10.2. The Morgan fingerprint density at radius 1 is 1.00 bits per heavy atom. The van der Waals surface area contributed by atoms with Gasteiger partial charge in [-0.25, -0.2) is 0 Å². The van der Waals surface area contributed by atoms with Gasteiger partial charge in [0.15, 0.2) is 5.41 Å². The zero-order valence-electron chi connectivity index (χ0n) is 11.4. The molecule has 0 aromatic carbocycles. The average Bonchev–Trinajstić information content (AvgIpc) is 2.79. The van der Waals surface area contributed by atoms with E-state index in [1.165, 1.54) is 0 Å². The van der Waals surface area contributed by atoms with Crippen molar-refractivity contribution in [3.8, 4) is 0 Å². The molecule has 0 saturated carbocycles. The Morgan fingerprint density at radius 2 is 1.37 bits per heavy atom. The summed E-state index contributed by atoms with van der Waals surface area (Å²) in [6.45, 7) is 3.98. The van der Waals surface area contributed by atoms with Gasteiger partial charge in [0.1, 0.15) is 0 Å². The molecule has 0 atom stereocenters. The minimum absolute atomic E-state index is 0.256. The van der Waals surface area contributed by atoms with Crippen LogP contribution in [0.25, 0.3) is 0 Å². The first kappa shape index (κ1) is 16.2. The molecule has 1 aliphatic rings. The molecule has 102 valence electrons. The van der Waals surface area contributed by atoms with E-state index in [2.05, 4.69) is 20.5 Å². The molecule has 0 aromatic heterocycles. The molecule has 0 aliphatic heterocycles. The Morgan fingerprint density at radius 3 is 1.63 bits per heavy atom. The van der Waals surface area contributed by atoms with E-state index in [0.29, 0.717) is 24.9 Å². The standard InChI is InChI=1S/C13H18O4Si2/c1-3-16-11(14)13(12(15)17-4-2)5-9(7-18)10(6-13)8-19/h3-8H2,1-2H3. The molecule has 4 nitrogen and oxygen atoms in total. The largest absolute Gasteiger partial charge is 0.465 e. The van der Waals surface area contributed by atoms with Crippen LogP contribution in [-0.4, -0.2) is 45.6 Å². The van der Waals surface area contributed by atoms with Crippen molar-refractivity contribution < 1.29 is 19.1 Å². The molecule has 6 heteroatoms. The second kappa shape index (κ2) is 7.05. The fourth-order valence-electron chi connectivity index (χ4n) is 2.33. The highest BCUT2D eigenvalue weighted by Gasteiger charge is 2.52. The molecule has 0 N–H and O–H groups in total. The van der Waals surface area contributed by atoms with Crippen LogP contribution in [0.4, 0.5) is 0 Å². The van der Waals surface area contributed by atoms with Gasteiger partial charge >= 0.3 is 11.9 Å². The highest BCUT2D eigenvalue weighted by atomic mass is 28.1. The maximum Gasteiger partial charge on any atom is 0.324 e. The monoisotopic (exact) mass is 294 g/mol. The number of hydrogen-bond donors (Lipinski definition) is 0. The number of esters is 2. The average molecular weight is 294 g/mol. The molecular weight excluding hydrogens is 276 g/mol. The third-order valence-electron chi connectivity index (χ3n) is 3.29. The van der Waals surface area contributed by atoms with Gasteiger partial charge in [-0.05, 0) is 38.8 Å². The summed E-state index contributed by atoms with van der Waals surface area (Å²) in [6, 6.07) is 1.28. The minimum Gasteiger partial charge on any atom is -0.465 e. The topological polar surface area (TPSA) is 52.6 Å². The second-order valence-electron chi connectivity index (χ2n) is 4.44. The van der Waals surface area contributed by atoms with E-state index in [1.807, 2.05) is 0 Å². The van der Waals surface area contributed by atoms with Crippen molar-refractivity contribution in [1.29, 1.82) is 0 Å². The zero-order valence-corrected chi connectivity index (χ0v) is 13.4. The molecule has 1 rings (SSSR count). The summed E-state index contributed by atoms with van der Waals surface area (Å²) in [4.78, 5) is 24.5. The fraction of sp³-hybridized carbons (Fsp3) is 0.692. The van der Waals surface area contributed by atoms with Crippen LogP contribution in [0, 0.1) is 5.41 Å². The Bertz CT molecular complexity index is 354. The first-order chi connectivity index (χ1) is 9.05. The van der Waals surface area contributed by atoms with Crippen molar-refractivity contribution in [2.75, 3.05) is 13.2 Å². The third kappa shape index (κ3) is 3.17. The van der Waals surface area contributed by atoms with E-state index in [1.54, 1.807) is 13.8 Å². The lowest BCUT2D eigenvalue weighted by Crippen LogP contribution is -2.40. The molecule has 0 fully saturated rings. The predicted molar refractivity (Wildman–Crippen MR) is 73.1 cm³/mol. The Balaban J connectivity index is 3.04. The van der Waals surface area contributed by atoms with Crippen molar-refractivity contribution in [3.05, 3.63) is 11.1 Å². The van der Waals surface area contributed by atoms with Crippen molar-refractivity contribution in [2.45, 2.75) is 38.8 Å². The van der Waals surface area contributed by atoms with Crippen LogP contribution in [0.2, 0.25) is 12.1 Å². The van der Waals surface area contributed by atoms with E-state index in [4.69, 9.17) is 9.47 Å². The van der Waals surface area contributed by atoms with Gasteiger partial charge in [-0.3, -0.25) is 9.59 Å². The summed E-state index contributed by atoms with van der Waals surface area (Å²) in [7, 11) is 6.90. The molecule has 1 aliphatic carbocycles. The molecule has 0 aromatic rings. The van der Waals surface area contributed by atoms with E-state index < -0.39 is 17.4 Å². The highest BCUT2D eigenvalue weighted by molar-refractivity contribution is 6.13. The van der Waals surface area contributed by atoms with Crippen LogP contribution in [0.3, 0.4) is 0 Å². The zero-order chi connectivity index (χ0) is 14.5. The van der Waals surface area contributed by atoms with Crippen molar-refractivity contribution in [1.82, 2.24) is 0 Å². The molecular formula is C13H18O4Si2. The fourth-order valence-corrected chi connectivity index (χ4v) is 3.08. The summed E-state index contributed by atoms with van der Waals surface area (Å²) in [5, 5.41) is 0. The first-order valence-corrected chi connectivity index (χ1v) is 7.80. The van der Waals surface area contributed by atoms with Crippen LogP contribution in [0.5, 0.6) is 0 Å². The van der Waals surface area contributed by atoms with Gasteiger partial charge in [0.05, 0.1) is 13.2 Å². The number of carbonyl (C=O) groups excluding carboxylic acids is 2. The second-order valence-corrected chi connectivity index (χ2v) is 5.14. The minimum atomic E-state index is -1.20. The lowest BCUT2D eigenvalue weighted by molar-refractivity contribution is -0.171. The number of ether oxygens (including phenoxy) is 2. The van der Waals surface area contributed by atoms with E-state index >= 15 is 0 Å². The van der Waals surface area contributed by atoms with Crippen LogP contribution in [0.15, 0.2) is 11.1 Å². The Hall–Kier alpha value is -0.886. The smallest absolute Gasteiger partial charge is 0.324 e. The summed E-state index contributed by atoms with van der Waals surface area (Å²) in [5.41, 5.74) is 0.927. The number of allylic oxidation sites excluding steroid dienone is 2. The number of hydrogen-bond acceptors (Lipinski definition) is 4.